The van der Waals surface area contributed by atoms with Gasteiger partial charge in [0.1, 0.15) is 11.9 Å². The minimum absolute atomic E-state index is 0.154. The lowest BCUT2D eigenvalue weighted by Crippen LogP contribution is -2.42. The highest BCUT2D eigenvalue weighted by Crippen LogP contribution is 2.30. The second-order valence-electron chi connectivity index (χ2n) is 6.72. The Morgan fingerprint density at radius 3 is 2.67 bits per heavy atom. The van der Waals surface area contributed by atoms with E-state index in [0.717, 1.165) is 43.1 Å². The van der Waals surface area contributed by atoms with Crippen LogP contribution in [0.2, 0.25) is 0 Å². The number of rotatable bonds is 3. The maximum absolute atomic E-state index is 12.9. The molecular weight excluding hydrogens is 302 g/mol. The molecule has 0 unspecified atom stereocenters. The zero-order valence-electron chi connectivity index (χ0n) is 14.0. The summed E-state index contributed by atoms with van der Waals surface area (Å²) >= 11 is 0. The first-order valence-corrected chi connectivity index (χ1v) is 8.71. The number of hydrogen-bond acceptors (Lipinski definition) is 4. The fourth-order valence-electron chi connectivity index (χ4n) is 3.79. The largest absolute Gasteiger partial charge is 0.329 e. The van der Waals surface area contributed by atoms with Crippen LogP contribution in [-0.4, -0.2) is 38.7 Å². The van der Waals surface area contributed by atoms with Gasteiger partial charge in [-0.1, -0.05) is 30.3 Å². The van der Waals surface area contributed by atoms with Crippen molar-refractivity contribution in [3.8, 4) is 0 Å². The number of benzene rings is 1. The molecule has 6 nitrogen and oxygen atoms in total. The summed E-state index contributed by atoms with van der Waals surface area (Å²) in [6.07, 6.45) is 2.12. The fraction of sp³-hybridized carbons (Fsp3) is 0.500. The number of nitrogens with one attached hydrogen (secondary N) is 1. The molecular formula is C18H23N5O. The molecule has 2 aromatic rings. The summed E-state index contributed by atoms with van der Waals surface area (Å²) in [5, 5.41) is 12.2. The van der Waals surface area contributed by atoms with Gasteiger partial charge in [0, 0.05) is 12.5 Å². The summed E-state index contributed by atoms with van der Waals surface area (Å²) in [5.74, 6) is 2.46. The zero-order valence-corrected chi connectivity index (χ0v) is 14.0. The molecule has 1 atom stereocenters. The highest BCUT2D eigenvalue weighted by molar-refractivity contribution is 5.81. The molecule has 1 N–H and O–H groups in total. The summed E-state index contributed by atoms with van der Waals surface area (Å²) in [5.41, 5.74) is 1.14. The van der Waals surface area contributed by atoms with E-state index < -0.39 is 0 Å². The molecule has 0 radical (unpaired) electrons. The molecule has 1 saturated heterocycles. The number of nitrogens with zero attached hydrogens (tertiary/aromatic N) is 4. The van der Waals surface area contributed by atoms with E-state index in [4.69, 9.17) is 0 Å². The van der Waals surface area contributed by atoms with Crippen molar-refractivity contribution < 1.29 is 4.79 Å². The maximum atomic E-state index is 12.9. The van der Waals surface area contributed by atoms with Gasteiger partial charge in [-0.25, -0.2) is 0 Å². The number of amides is 1. The number of aromatic nitrogens is 3. The fourth-order valence-corrected chi connectivity index (χ4v) is 3.79. The van der Waals surface area contributed by atoms with E-state index in [9.17, 15) is 4.79 Å². The van der Waals surface area contributed by atoms with Gasteiger partial charge in [-0.2, -0.15) is 0 Å². The van der Waals surface area contributed by atoms with E-state index >= 15 is 0 Å². The first kappa shape index (κ1) is 15.3. The Labute approximate surface area is 141 Å². The van der Waals surface area contributed by atoms with Gasteiger partial charge in [0.05, 0.1) is 6.54 Å². The van der Waals surface area contributed by atoms with Crippen LogP contribution in [0.4, 0.5) is 0 Å². The Morgan fingerprint density at radius 2 is 1.92 bits per heavy atom. The number of fused-ring (bicyclic) bond motifs is 1. The van der Waals surface area contributed by atoms with Crippen LogP contribution >= 0.6 is 0 Å². The molecule has 0 spiro atoms. The predicted octanol–water partition coefficient (Wildman–Crippen LogP) is 1.85. The van der Waals surface area contributed by atoms with Crippen molar-refractivity contribution in [3.63, 3.8) is 0 Å². The molecule has 0 saturated carbocycles. The third-order valence-electron chi connectivity index (χ3n) is 5.10. The minimum atomic E-state index is -0.225. The van der Waals surface area contributed by atoms with Gasteiger partial charge in [-0.15, -0.1) is 10.2 Å². The highest BCUT2D eigenvalue weighted by atomic mass is 16.2. The molecule has 2 aliphatic rings. The van der Waals surface area contributed by atoms with Gasteiger partial charge in [0.15, 0.2) is 5.82 Å². The molecule has 0 bridgehead atoms. The first-order chi connectivity index (χ1) is 11.7. The van der Waals surface area contributed by atoms with E-state index in [1.165, 1.54) is 0 Å². The quantitative estimate of drug-likeness (QED) is 0.935. The lowest BCUT2D eigenvalue weighted by atomic mass is 9.96. The Morgan fingerprint density at radius 1 is 1.17 bits per heavy atom. The summed E-state index contributed by atoms with van der Waals surface area (Å²) in [6.45, 7) is 5.15. The molecule has 3 heterocycles. The van der Waals surface area contributed by atoms with Crippen molar-refractivity contribution in [2.24, 2.45) is 0 Å². The third-order valence-corrected chi connectivity index (χ3v) is 5.10. The molecule has 24 heavy (non-hydrogen) atoms. The van der Waals surface area contributed by atoms with Gasteiger partial charge in [-0.05, 0) is 38.4 Å². The van der Waals surface area contributed by atoms with E-state index in [2.05, 4.69) is 32.2 Å². The molecule has 4 rings (SSSR count). The normalized spacial score (nSPS) is 21.8. The molecule has 1 aromatic carbocycles. The van der Waals surface area contributed by atoms with Crippen molar-refractivity contribution in [3.05, 3.63) is 47.5 Å². The number of piperidine rings is 1. The summed E-state index contributed by atoms with van der Waals surface area (Å²) in [4.78, 5) is 14.7. The molecule has 1 fully saturated rings. The van der Waals surface area contributed by atoms with Gasteiger partial charge < -0.3 is 14.8 Å². The standard InChI is InChI=1S/C18H23N5O/c1-13-18(24)22(11-14-5-3-2-4-6-14)12-16-20-21-17(23(13)16)15-7-9-19-10-8-15/h2-6,13,15,19H,7-12H2,1H3/t13-/m0/s1. The van der Waals surface area contributed by atoms with Crippen LogP contribution in [0.3, 0.4) is 0 Å². The summed E-state index contributed by atoms with van der Waals surface area (Å²) in [7, 11) is 0. The van der Waals surface area contributed by atoms with Gasteiger partial charge >= 0.3 is 0 Å². The first-order valence-electron chi connectivity index (χ1n) is 8.71. The molecule has 6 heteroatoms. The second kappa shape index (κ2) is 6.36. The maximum Gasteiger partial charge on any atom is 0.246 e. The third kappa shape index (κ3) is 2.71. The average molecular weight is 325 g/mol. The van der Waals surface area contributed by atoms with Crippen molar-refractivity contribution >= 4 is 5.91 Å². The van der Waals surface area contributed by atoms with E-state index in [-0.39, 0.29) is 11.9 Å². The van der Waals surface area contributed by atoms with Crippen LogP contribution in [0.15, 0.2) is 30.3 Å². The van der Waals surface area contributed by atoms with Crippen molar-refractivity contribution in [2.45, 2.75) is 44.8 Å². The molecule has 2 aliphatic heterocycles. The smallest absolute Gasteiger partial charge is 0.246 e. The van der Waals surface area contributed by atoms with Crippen molar-refractivity contribution in [2.75, 3.05) is 13.1 Å². The van der Waals surface area contributed by atoms with Crippen LogP contribution < -0.4 is 5.32 Å². The predicted molar refractivity (Wildman–Crippen MR) is 90.3 cm³/mol. The molecule has 1 aromatic heterocycles. The Kier molecular flexibility index (Phi) is 4.06. The second-order valence-corrected chi connectivity index (χ2v) is 6.72. The Bertz CT molecular complexity index is 720. The van der Waals surface area contributed by atoms with Crippen molar-refractivity contribution in [1.82, 2.24) is 25.0 Å². The lowest BCUT2D eigenvalue weighted by molar-refractivity contribution is -0.137. The van der Waals surface area contributed by atoms with Crippen LogP contribution in [-0.2, 0) is 17.9 Å². The van der Waals surface area contributed by atoms with E-state index in [0.29, 0.717) is 19.0 Å². The van der Waals surface area contributed by atoms with Crippen LogP contribution in [0, 0.1) is 0 Å². The van der Waals surface area contributed by atoms with Crippen LogP contribution in [0.25, 0.3) is 0 Å². The molecule has 1 amide bonds. The molecule has 0 aliphatic carbocycles. The monoisotopic (exact) mass is 325 g/mol. The minimum Gasteiger partial charge on any atom is -0.329 e. The van der Waals surface area contributed by atoms with Crippen LogP contribution in [0.5, 0.6) is 0 Å². The van der Waals surface area contributed by atoms with E-state index in [1.807, 2.05) is 30.0 Å². The van der Waals surface area contributed by atoms with Gasteiger partial charge in [-0.3, -0.25) is 4.79 Å². The SMILES string of the molecule is C[C@H]1C(=O)N(Cc2ccccc2)Cc2nnc(C3CCNCC3)n21. The number of hydrogen-bond donors (Lipinski definition) is 1. The average Bonchev–Trinajstić information content (AvgIpc) is 3.05. The van der Waals surface area contributed by atoms with Crippen LogP contribution in [0.1, 0.15) is 48.9 Å². The number of carbonyl (C=O) groups is 1. The van der Waals surface area contributed by atoms with Crippen molar-refractivity contribution in [1.29, 1.82) is 0 Å². The van der Waals surface area contributed by atoms with E-state index in [1.54, 1.807) is 0 Å². The molecule has 126 valence electrons. The lowest BCUT2D eigenvalue weighted by Gasteiger charge is -2.33. The Hall–Kier alpha value is -2.21. The Balaban J connectivity index is 1.59. The summed E-state index contributed by atoms with van der Waals surface area (Å²) in [6, 6.07) is 9.88. The summed E-state index contributed by atoms with van der Waals surface area (Å²) < 4.78 is 2.08. The van der Waals surface area contributed by atoms with Gasteiger partial charge in [0.25, 0.3) is 0 Å². The number of carbonyl (C=O) groups excluding carboxylic acids is 1. The van der Waals surface area contributed by atoms with Gasteiger partial charge in [0.2, 0.25) is 5.91 Å². The zero-order chi connectivity index (χ0) is 16.5. The topological polar surface area (TPSA) is 63.1 Å². The highest BCUT2D eigenvalue weighted by Gasteiger charge is 2.35.